The average Bonchev–Trinajstić information content (AvgIpc) is 3.24. The number of hydrogen-bond acceptors (Lipinski definition) is 4. The third kappa shape index (κ3) is 3.15. The highest BCUT2D eigenvalue weighted by atomic mass is 35.5. The summed E-state index contributed by atoms with van der Waals surface area (Å²) in [5.41, 5.74) is 3.51. The number of rotatable bonds is 4. The number of nitrogens with zero attached hydrogens (tertiary/aromatic N) is 3. The second kappa shape index (κ2) is 6.79. The maximum absolute atomic E-state index is 14.6. The minimum atomic E-state index is -0.480. The van der Waals surface area contributed by atoms with E-state index in [-0.39, 0.29) is 5.75 Å². The van der Waals surface area contributed by atoms with Crippen LogP contribution in [0.15, 0.2) is 60.8 Å². The smallest absolute Gasteiger partial charge is 0.208 e. The van der Waals surface area contributed by atoms with Gasteiger partial charge in [-0.2, -0.15) is 0 Å². The summed E-state index contributed by atoms with van der Waals surface area (Å²) in [6.07, 6.45) is 1.79. The van der Waals surface area contributed by atoms with Gasteiger partial charge in [-0.1, -0.05) is 29.8 Å². The minimum Gasteiger partial charge on any atom is -0.454 e. The van der Waals surface area contributed by atoms with E-state index in [4.69, 9.17) is 16.3 Å². The molecule has 8 heteroatoms. The van der Waals surface area contributed by atoms with Crippen molar-refractivity contribution in [2.75, 3.05) is 5.32 Å². The second-order valence-electron chi connectivity index (χ2n) is 6.54. The molecule has 0 saturated carbocycles. The molecule has 0 unspecified atom stereocenters. The lowest BCUT2D eigenvalue weighted by molar-refractivity contribution is 0.443. The number of halogens is 2. The third-order valence-corrected chi connectivity index (χ3v) is 4.85. The number of pyridine rings is 1. The van der Waals surface area contributed by atoms with Crippen molar-refractivity contribution in [1.82, 2.24) is 19.5 Å². The molecule has 0 amide bonds. The molecule has 0 saturated heterocycles. The van der Waals surface area contributed by atoms with Gasteiger partial charge in [0.15, 0.2) is 11.6 Å². The van der Waals surface area contributed by atoms with Gasteiger partial charge in [-0.05, 0) is 24.3 Å². The molecule has 144 valence electrons. The lowest BCUT2D eigenvalue weighted by Gasteiger charge is -2.07. The zero-order valence-corrected chi connectivity index (χ0v) is 16.0. The van der Waals surface area contributed by atoms with Gasteiger partial charge in [0.25, 0.3) is 0 Å². The van der Waals surface area contributed by atoms with Gasteiger partial charge >= 0.3 is 0 Å². The minimum absolute atomic E-state index is 0.138. The van der Waals surface area contributed by atoms with Crippen molar-refractivity contribution in [3.8, 4) is 11.5 Å². The molecule has 0 bridgehead atoms. The van der Waals surface area contributed by atoms with Gasteiger partial charge in [0.2, 0.25) is 5.95 Å². The van der Waals surface area contributed by atoms with E-state index in [1.807, 2.05) is 35.9 Å². The first-order valence-electron chi connectivity index (χ1n) is 8.88. The van der Waals surface area contributed by atoms with Crippen LogP contribution in [0.25, 0.3) is 22.1 Å². The number of fused-ring (bicyclic) bond motifs is 2. The Morgan fingerprint density at radius 2 is 1.93 bits per heavy atom. The summed E-state index contributed by atoms with van der Waals surface area (Å²) >= 11 is 6.02. The molecule has 5 aromatic rings. The quantitative estimate of drug-likeness (QED) is 0.371. The number of benzene rings is 2. The van der Waals surface area contributed by atoms with Gasteiger partial charge in [0, 0.05) is 25.4 Å². The van der Waals surface area contributed by atoms with Gasteiger partial charge in [0.05, 0.1) is 22.2 Å². The van der Waals surface area contributed by atoms with Crippen LogP contribution in [-0.2, 0) is 7.05 Å². The summed E-state index contributed by atoms with van der Waals surface area (Å²) in [5, 5.41) is 3.63. The number of aromatic amines is 1. The van der Waals surface area contributed by atoms with Crippen LogP contribution in [0, 0.1) is 5.82 Å². The first kappa shape index (κ1) is 17.5. The fraction of sp³-hybridized carbons (Fsp3) is 0.0476. The Balaban J connectivity index is 1.53. The van der Waals surface area contributed by atoms with Gasteiger partial charge in [0.1, 0.15) is 16.4 Å². The molecule has 2 N–H and O–H groups in total. The van der Waals surface area contributed by atoms with Crippen molar-refractivity contribution in [2.45, 2.75) is 0 Å². The Morgan fingerprint density at radius 3 is 2.76 bits per heavy atom. The molecule has 0 aliphatic carbocycles. The fourth-order valence-corrected chi connectivity index (χ4v) is 3.34. The molecule has 0 fully saturated rings. The first-order chi connectivity index (χ1) is 14.1. The van der Waals surface area contributed by atoms with E-state index in [0.717, 1.165) is 16.7 Å². The number of aromatic nitrogens is 4. The van der Waals surface area contributed by atoms with Gasteiger partial charge < -0.3 is 19.6 Å². The molecule has 2 aromatic carbocycles. The SMILES string of the molecule is Cn1c(Nc2c[nH]c3ccc(Cl)nc23)nc2cc(F)c(Oc3ccccc3)cc21. The molecule has 3 heterocycles. The highest BCUT2D eigenvalue weighted by molar-refractivity contribution is 6.29. The predicted molar refractivity (Wildman–Crippen MR) is 112 cm³/mol. The Labute approximate surface area is 169 Å². The molecule has 0 aliphatic heterocycles. The van der Waals surface area contributed by atoms with Crippen LogP contribution in [0.5, 0.6) is 11.5 Å². The highest BCUT2D eigenvalue weighted by Gasteiger charge is 2.15. The lowest BCUT2D eigenvalue weighted by atomic mass is 10.2. The number of para-hydroxylation sites is 1. The number of anilines is 2. The summed E-state index contributed by atoms with van der Waals surface area (Å²) in [7, 11) is 1.84. The topological polar surface area (TPSA) is 67.8 Å². The summed E-state index contributed by atoms with van der Waals surface area (Å²) in [4.78, 5) is 12.0. The van der Waals surface area contributed by atoms with Crippen LogP contribution in [0.1, 0.15) is 0 Å². The van der Waals surface area contributed by atoms with Crippen molar-refractivity contribution in [3.05, 3.63) is 71.8 Å². The van der Waals surface area contributed by atoms with E-state index < -0.39 is 5.82 Å². The highest BCUT2D eigenvalue weighted by Crippen LogP contribution is 2.32. The molecule has 29 heavy (non-hydrogen) atoms. The average molecular weight is 408 g/mol. The molecule has 3 aromatic heterocycles. The van der Waals surface area contributed by atoms with E-state index in [2.05, 4.69) is 20.3 Å². The Morgan fingerprint density at radius 1 is 1.10 bits per heavy atom. The monoisotopic (exact) mass is 407 g/mol. The molecular weight excluding hydrogens is 393 g/mol. The van der Waals surface area contributed by atoms with Gasteiger partial charge in [-0.3, -0.25) is 0 Å². The zero-order valence-electron chi connectivity index (χ0n) is 15.3. The lowest BCUT2D eigenvalue weighted by Crippen LogP contribution is -1.99. The number of aryl methyl sites for hydroxylation is 1. The van der Waals surface area contributed by atoms with Crippen molar-refractivity contribution >= 4 is 45.3 Å². The Hall–Kier alpha value is -3.58. The largest absolute Gasteiger partial charge is 0.454 e. The first-order valence-corrected chi connectivity index (χ1v) is 9.26. The normalized spacial score (nSPS) is 11.3. The van der Waals surface area contributed by atoms with Gasteiger partial charge in [-0.15, -0.1) is 0 Å². The van der Waals surface area contributed by atoms with Crippen LogP contribution in [-0.4, -0.2) is 19.5 Å². The van der Waals surface area contributed by atoms with Gasteiger partial charge in [-0.25, -0.2) is 14.4 Å². The molecule has 6 nitrogen and oxygen atoms in total. The molecular formula is C21H15ClFN5O. The summed E-state index contributed by atoms with van der Waals surface area (Å²) in [5.74, 6) is 0.761. The second-order valence-corrected chi connectivity index (χ2v) is 6.93. The molecule has 0 radical (unpaired) electrons. The number of ether oxygens (including phenoxy) is 1. The third-order valence-electron chi connectivity index (χ3n) is 4.64. The summed E-state index contributed by atoms with van der Waals surface area (Å²) in [6.45, 7) is 0. The fourth-order valence-electron chi connectivity index (χ4n) is 3.19. The maximum atomic E-state index is 14.6. The van der Waals surface area contributed by atoms with Crippen molar-refractivity contribution in [1.29, 1.82) is 0 Å². The van der Waals surface area contributed by atoms with Crippen LogP contribution in [0.2, 0.25) is 5.15 Å². The molecule has 0 aliphatic rings. The van der Waals surface area contributed by atoms with Crippen molar-refractivity contribution in [2.24, 2.45) is 7.05 Å². The van der Waals surface area contributed by atoms with E-state index in [0.29, 0.717) is 27.9 Å². The van der Waals surface area contributed by atoms with Crippen LogP contribution in [0.3, 0.4) is 0 Å². The molecule has 0 spiro atoms. The predicted octanol–water partition coefficient (Wildman–Crippen LogP) is 5.78. The Kier molecular flexibility index (Phi) is 4.10. The van der Waals surface area contributed by atoms with E-state index in [1.54, 1.807) is 30.5 Å². The Bertz CT molecular complexity index is 1350. The summed E-state index contributed by atoms with van der Waals surface area (Å²) < 4.78 is 22.1. The number of imidazole rings is 1. The van der Waals surface area contributed by atoms with Crippen LogP contribution in [0.4, 0.5) is 16.0 Å². The van der Waals surface area contributed by atoms with Crippen LogP contribution < -0.4 is 10.1 Å². The standard InChI is InChI=1S/C21H15ClFN5O/c1-28-17-10-18(29-12-5-3-2-4-6-12)13(23)9-15(17)25-21(28)26-16-11-24-14-7-8-19(22)27-20(14)16/h2-11,24H,1H3,(H,25,26). The van der Waals surface area contributed by atoms with E-state index >= 15 is 0 Å². The number of hydrogen-bond donors (Lipinski definition) is 2. The number of nitrogens with one attached hydrogen (secondary N) is 2. The zero-order chi connectivity index (χ0) is 20.0. The number of H-pyrrole nitrogens is 1. The van der Waals surface area contributed by atoms with Crippen molar-refractivity contribution in [3.63, 3.8) is 0 Å². The van der Waals surface area contributed by atoms with E-state index in [1.165, 1.54) is 6.07 Å². The molecule has 5 rings (SSSR count). The molecule has 0 atom stereocenters. The van der Waals surface area contributed by atoms with Crippen molar-refractivity contribution < 1.29 is 9.13 Å². The van der Waals surface area contributed by atoms with Crippen LogP contribution >= 0.6 is 11.6 Å². The maximum Gasteiger partial charge on any atom is 0.208 e. The summed E-state index contributed by atoms with van der Waals surface area (Å²) in [6, 6.07) is 15.7. The van der Waals surface area contributed by atoms with E-state index in [9.17, 15) is 4.39 Å².